The minimum Gasteiger partial charge on any atom is -0.311 e. The predicted molar refractivity (Wildman–Crippen MR) is 115 cm³/mol. The topological polar surface area (TPSA) is 46.4 Å². The third-order valence-electron chi connectivity index (χ3n) is 3.87. The highest BCUT2D eigenvalue weighted by molar-refractivity contribution is 9.10. The second-order valence-electron chi connectivity index (χ2n) is 5.76. The van der Waals surface area contributed by atoms with E-state index in [0.717, 1.165) is 20.6 Å². The van der Waals surface area contributed by atoms with Gasteiger partial charge < -0.3 is 4.57 Å². The molecule has 3 aromatic rings. The van der Waals surface area contributed by atoms with Crippen molar-refractivity contribution in [1.29, 1.82) is 0 Å². The summed E-state index contributed by atoms with van der Waals surface area (Å²) < 4.78 is 2.94. The SMILES string of the molecule is C=CCn1c(-c2ccc(Cl)cc2)c(C)s/c1=N/NC(=O)c1ccc(Br)cc1. The fourth-order valence-electron chi connectivity index (χ4n) is 2.64. The third kappa shape index (κ3) is 4.58. The summed E-state index contributed by atoms with van der Waals surface area (Å²) in [6.07, 6.45) is 1.81. The Morgan fingerprint density at radius 3 is 2.56 bits per heavy atom. The first-order valence-electron chi connectivity index (χ1n) is 8.16. The Labute approximate surface area is 174 Å². The first-order chi connectivity index (χ1) is 13.0. The smallest absolute Gasteiger partial charge is 0.271 e. The predicted octanol–water partition coefficient (Wildman–Crippen LogP) is 5.37. The van der Waals surface area contributed by atoms with Gasteiger partial charge in [0.15, 0.2) is 0 Å². The Kier molecular flexibility index (Phi) is 6.31. The minimum absolute atomic E-state index is 0.258. The molecule has 0 aliphatic heterocycles. The number of aromatic nitrogens is 1. The largest absolute Gasteiger partial charge is 0.311 e. The van der Waals surface area contributed by atoms with Crippen LogP contribution in [0.25, 0.3) is 11.3 Å². The zero-order valence-electron chi connectivity index (χ0n) is 14.6. The monoisotopic (exact) mass is 461 g/mol. The molecular formula is C20H17BrClN3OS. The van der Waals surface area contributed by atoms with E-state index in [4.69, 9.17) is 11.6 Å². The molecule has 0 radical (unpaired) electrons. The van der Waals surface area contributed by atoms with Crippen molar-refractivity contribution in [2.75, 3.05) is 0 Å². The first kappa shape index (κ1) is 19.6. The van der Waals surface area contributed by atoms with Crippen molar-refractivity contribution in [3.63, 3.8) is 0 Å². The lowest BCUT2D eigenvalue weighted by Crippen LogP contribution is -2.24. The van der Waals surface area contributed by atoms with Crippen LogP contribution in [0.1, 0.15) is 15.2 Å². The Morgan fingerprint density at radius 2 is 1.93 bits per heavy atom. The van der Waals surface area contributed by atoms with E-state index in [0.29, 0.717) is 21.9 Å². The Bertz CT molecular complexity index is 1040. The summed E-state index contributed by atoms with van der Waals surface area (Å²) in [5, 5.41) is 5.03. The van der Waals surface area contributed by atoms with Crippen molar-refractivity contribution >= 4 is 44.8 Å². The number of hydrogen-bond donors (Lipinski definition) is 1. The summed E-state index contributed by atoms with van der Waals surface area (Å²) in [4.78, 5) is 14.1. The number of carbonyl (C=O) groups excluding carboxylic acids is 1. The molecule has 1 aromatic heterocycles. The molecule has 3 rings (SSSR count). The molecule has 0 aliphatic rings. The van der Waals surface area contributed by atoms with Crippen molar-refractivity contribution in [3.8, 4) is 11.3 Å². The van der Waals surface area contributed by atoms with Crippen LogP contribution in [-0.4, -0.2) is 10.5 Å². The fourth-order valence-corrected chi connectivity index (χ4v) is 4.00. The molecule has 2 aromatic carbocycles. The Morgan fingerprint density at radius 1 is 1.26 bits per heavy atom. The number of carbonyl (C=O) groups is 1. The molecule has 0 fully saturated rings. The van der Waals surface area contributed by atoms with E-state index >= 15 is 0 Å². The maximum Gasteiger partial charge on any atom is 0.271 e. The van der Waals surface area contributed by atoms with Gasteiger partial charge in [0.25, 0.3) is 5.91 Å². The van der Waals surface area contributed by atoms with E-state index in [1.54, 1.807) is 18.2 Å². The van der Waals surface area contributed by atoms with Crippen LogP contribution in [0, 0.1) is 6.92 Å². The van der Waals surface area contributed by atoms with Gasteiger partial charge in [0.2, 0.25) is 4.80 Å². The maximum atomic E-state index is 12.3. The van der Waals surface area contributed by atoms with E-state index < -0.39 is 0 Å². The number of aryl methyl sites for hydroxylation is 1. The molecule has 4 nitrogen and oxygen atoms in total. The molecule has 1 heterocycles. The maximum absolute atomic E-state index is 12.3. The fraction of sp³-hybridized carbons (Fsp3) is 0.100. The zero-order chi connectivity index (χ0) is 19.4. The molecule has 0 saturated carbocycles. The quantitative estimate of drug-likeness (QED) is 0.402. The lowest BCUT2D eigenvalue weighted by atomic mass is 10.1. The highest BCUT2D eigenvalue weighted by atomic mass is 79.9. The summed E-state index contributed by atoms with van der Waals surface area (Å²) in [6.45, 7) is 6.45. The zero-order valence-corrected chi connectivity index (χ0v) is 17.7. The molecule has 138 valence electrons. The highest BCUT2D eigenvalue weighted by Gasteiger charge is 2.12. The second kappa shape index (κ2) is 8.69. The van der Waals surface area contributed by atoms with Crippen molar-refractivity contribution < 1.29 is 4.79 Å². The van der Waals surface area contributed by atoms with Crippen LogP contribution >= 0.6 is 38.9 Å². The van der Waals surface area contributed by atoms with E-state index in [1.807, 2.05) is 47.9 Å². The summed E-state index contributed by atoms with van der Waals surface area (Å²) in [7, 11) is 0. The third-order valence-corrected chi connectivity index (χ3v) is 5.64. The molecular weight excluding hydrogens is 446 g/mol. The average molecular weight is 463 g/mol. The normalized spacial score (nSPS) is 11.4. The molecule has 0 spiro atoms. The number of halogens is 2. The van der Waals surface area contributed by atoms with Crippen LogP contribution in [0.15, 0.2) is 70.8 Å². The van der Waals surface area contributed by atoms with Gasteiger partial charge in [-0.25, -0.2) is 5.43 Å². The molecule has 0 aliphatic carbocycles. The van der Waals surface area contributed by atoms with Crippen LogP contribution in [0.2, 0.25) is 5.02 Å². The summed E-state index contributed by atoms with van der Waals surface area (Å²) >= 11 is 10.9. The van der Waals surface area contributed by atoms with Gasteiger partial charge in [-0.15, -0.1) is 11.7 Å². The van der Waals surface area contributed by atoms with Crippen LogP contribution in [0.4, 0.5) is 0 Å². The van der Waals surface area contributed by atoms with E-state index in [2.05, 4.69) is 33.0 Å². The minimum atomic E-state index is -0.258. The number of nitrogens with zero attached hydrogens (tertiary/aromatic N) is 2. The molecule has 27 heavy (non-hydrogen) atoms. The average Bonchev–Trinajstić information content (AvgIpc) is 2.97. The Hall–Kier alpha value is -2.15. The molecule has 0 atom stereocenters. The van der Waals surface area contributed by atoms with E-state index in [9.17, 15) is 4.79 Å². The van der Waals surface area contributed by atoms with Crippen molar-refractivity contribution in [3.05, 3.63) is 85.9 Å². The number of rotatable bonds is 5. The molecule has 0 saturated heterocycles. The lowest BCUT2D eigenvalue weighted by Gasteiger charge is -2.08. The lowest BCUT2D eigenvalue weighted by molar-refractivity contribution is 0.0953. The summed E-state index contributed by atoms with van der Waals surface area (Å²) in [5.41, 5.74) is 5.26. The number of allylic oxidation sites excluding steroid dienone is 1. The molecule has 7 heteroatoms. The molecule has 0 unspecified atom stereocenters. The van der Waals surface area contributed by atoms with Crippen LogP contribution in [-0.2, 0) is 6.54 Å². The molecule has 0 bridgehead atoms. The van der Waals surface area contributed by atoms with Gasteiger partial charge in [-0.1, -0.05) is 57.1 Å². The Balaban J connectivity index is 1.97. The van der Waals surface area contributed by atoms with Gasteiger partial charge in [0.1, 0.15) is 0 Å². The number of thiazole rings is 1. The number of hydrogen-bond acceptors (Lipinski definition) is 3. The van der Waals surface area contributed by atoms with Crippen LogP contribution < -0.4 is 10.2 Å². The van der Waals surface area contributed by atoms with Crippen molar-refractivity contribution in [2.24, 2.45) is 5.10 Å². The van der Waals surface area contributed by atoms with E-state index in [-0.39, 0.29) is 5.91 Å². The van der Waals surface area contributed by atoms with Crippen molar-refractivity contribution in [2.45, 2.75) is 13.5 Å². The number of nitrogens with one attached hydrogen (secondary N) is 1. The van der Waals surface area contributed by atoms with Crippen LogP contribution in [0.5, 0.6) is 0 Å². The number of benzene rings is 2. The molecule has 1 amide bonds. The van der Waals surface area contributed by atoms with Gasteiger partial charge >= 0.3 is 0 Å². The van der Waals surface area contributed by atoms with Crippen LogP contribution in [0.3, 0.4) is 0 Å². The summed E-state index contributed by atoms with van der Waals surface area (Å²) in [5.74, 6) is -0.258. The highest BCUT2D eigenvalue weighted by Crippen LogP contribution is 2.26. The van der Waals surface area contributed by atoms with Gasteiger partial charge in [-0.2, -0.15) is 0 Å². The summed E-state index contributed by atoms with van der Waals surface area (Å²) in [6, 6.07) is 14.8. The molecule has 1 N–H and O–H groups in total. The number of amides is 1. The second-order valence-corrected chi connectivity index (χ2v) is 8.29. The van der Waals surface area contributed by atoms with Gasteiger partial charge in [-0.05, 0) is 48.9 Å². The first-order valence-corrected chi connectivity index (χ1v) is 10.1. The van der Waals surface area contributed by atoms with Crippen molar-refractivity contribution in [1.82, 2.24) is 9.99 Å². The van der Waals surface area contributed by atoms with E-state index in [1.165, 1.54) is 11.3 Å². The van der Waals surface area contributed by atoms with Gasteiger partial charge in [0, 0.05) is 26.5 Å². The van der Waals surface area contributed by atoms with Gasteiger partial charge in [0.05, 0.1) is 5.69 Å². The standard InChI is InChI=1S/C20H17BrClN3OS/c1-3-12-25-18(14-6-10-17(22)11-7-14)13(2)27-20(25)24-23-19(26)15-4-8-16(21)9-5-15/h3-11H,1,12H2,2H3,(H,23,26)/b24-20+. The van der Waals surface area contributed by atoms with Gasteiger partial charge in [-0.3, -0.25) is 4.79 Å².